The summed E-state index contributed by atoms with van der Waals surface area (Å²) in [5.74, 6) is 0.716. The van der Waals surface area contributed by atoms with E-state index in [1.165, 1.54) is 0 Å². The lowest BCUT2D eigenvalue weighted by Gasteiger charge is -2.32. The van der Waals surface area contributed by atoms with Crippen LogP contribution in [0.5, 0.6) is 5.75 Å². The average Bonchev–Trinajstić information content (AvgIpc) is 2.63. The van der Waals surface area contributed by atoms with Crippen LogP contribution in [-0.4, -0.2) is 51.0 Å². The second-order valence-electron chi connectivity index (χ2n) is 6.83. The first-order chi connectivity index (χ1) is 12.0. The van der Waals surface area contributed by atoms with Crippen LogP contribution in [0.25, 0.3) is 0 Å². The van der Waals surface area contributed by atoms with Gasteiger partial charge in [-0.3, -0.25) is 0 Å². The van der Waals surface area contributed by atoms with Gasteiger partial charge in [-0.05, 0) is 49.4 Å². The van der Waals surface area contributed by atoms with Crippen molar-refractivity contribution in [3.8, 4) is 5.75 Å². The highest BCUT2D eigenvalue weighted by Gasteiger charge is 2.42. The Morgan fingerprint density at radius 2 is 1.84 bits per heavy atom. The molecule has 140 valence electrons. The maximum absolute atomic E-state index is 12.9. The third-order valence-corrected chi connectivity index (χ3v) is 5.01. The molecule has 3 rings (SSSR count). The zero-order valence-electron chi connectivity index (χ0n) is 14.2. The maximum atomic E-state index is 12.9. The summed E-state index contributed by atoms with van der Waals surface area (Å²) in [5.41, 5.74) is 0.959. The number of hydrogen-bond acceptors (Lipinski definition) is 4. The maximum Gasteiger partial charge on any atom is 0.403 e. The Labute approximate surface area is 146 Å². The summed E-state index contributed by atoms with van der Waals surface area (Å²) < 4.78 is 44.5. The summed E-state index contributed by atoms with van der Waals surface area (Å²) in [4.78, 5) is 0. The molecule has 0 bridgehead atoms. The minimum atomic E-state index is -4.18. The first kappa shape index (κ1) is 18.5. The van der Waals surface area contributed by atoms with E-state index in [0.717, 1.165) is 43.8 Å². The minimum absolute atomic E-state index is 0.0561. The Balaban J connectivity index is 1.48. The fourth-order valence-electron chi connectivity index (χ4n) is 3.54. The number of hydrogen-bond donors (Lipinski definition) is 3. The molecule has 2 saturated heterocycles. The van der Waals surface area contributed by atoms with E-state index in [-0.39, 0.29) is 12.3 Å². The summed E-state index contributed by atoms with van der Waals surface area (Å²) >= 11 is 0. The largest absolute Gasteiger partial charge is 0.494 e. The molecule has 2 aliphatic rings. The molecule has 0 aromatic heterocycles. The highest BCUT2D eigenvalue weighted by molar-refractivity contribution is 5.30. The van der Waals surface area contributed by atoms with Gasteiger partial charge in [-0.25, -0.2) is 0 Å². The van der Waals surface area contributed by atoms with Crippen LogP contribution in [0.2, 0.25) is 0 Å². The number of alkyl halides is 3. The number of benzene rings is 1. The van der Waals surface area contributed by atoms with Crippen LogP contribution < -0.4 is 20.7 Å². The van der Waals surface area contributed by atoms with Gasteiger partial charge in [-0.1, -0.05) is 12.1 Å². The van der Waals surface area contributed by atoms with Crippen LogP contribution in [0.15, 0.2) is 24.3 Å². The summed E-state index contributed by atoms with van der Waals surface area (Å²) in [6, 6.07) is 6.57. The van der Waals surface area contributed by atoms with E-state index in [4.69, 9.17) is 4.74 Å². The molecule has 2 fully saturated rings. The predicted octanol–water partition coefficient (Wildman–Crippen LogP) is 2.41. The van der Waals surface area contributed by atoms with Crippen molar-refractivity contribution in [1.29, 1.82) is 0 Å². The molecule has 0 aliphatic carbocycles. The number of halogens is 3. The zero-order chi connectivity index (χ0) is 17.7. The SMILES string of the molecule is FC(F)(F)C1CC(c2ccc(OCCC3CNCCN3)cc2)CCN1. The normalized spacial score (nSPS) is 27.9. The van der Waals surface area contributed by atoms with Crippen molar-refractivity contribution in [1.82, 2.24) is 16.0 Å². The lowest BCUT2D eigenvalue weighted by atomic mass is 9.86. The van der Waals surface area contributed by atoms with Gasteiger partial charge in [0.05, 0.1) is 6.61 Å². The Morgan fingerprint density at radius 3 is 2.52 bits per heavy atom. The van der Waals surface area contributed by atoms with E-state index in [1.54, 1.807) is 0 Å². The van der Waals surface area contributed by atoms with Crippen molar-refractivity contribution in [3.05, 3.63) is 29.8 Å². The minimum Gasteiger partial charge on any atom is -0.494 e. The molecule has 1 aromatic carbocycles. The van der Waals surface area contributed by atoms with Crippen LogP contribution in [0.1, 0.15) is 30.7 Å². The Kier molecular flexibility index (Phi) is 6.19. The lowest BCUT2D eigenvalue weighted by Crippen LogP contribution is -2.48. The Morgan fingerprint density at radius 1 is 1.04 bits per heavy atom. The van der Waals surface area contributed by atoms with Crippen molar-refractivity contribution >= 4 is 0 Å². The van der Waals surface area contributed by atoms with E-state index in [9.17, 15) is 13.2 Å². The fourth-order valence-corrected chi connectivity index (χ4v) is 3.54. The van der Waals surface area contributed by atoms with Crippen LogP contribution in [0, 0.1) is 0 Å². The van der Waals surface area contributed by atoms with Crippen LogP contribution in [0.3, 0.4) is 0 Å². The molecule has 4 nitrogen and oxygen atoms in total. The van der Waals surface area contributed by atoms with Crippen molar-refractivity contribution in [2.45, 2.75) is 43.4 Å². The van der Waals surface area contributed by atoms with Gasteiger partial charge in [-0.2, -0.15) is 13.2 Å². The van der Waals surface area contributed by atoms with E-state index in [1.807, 2.05) is 24.3 Å². The van der Waals surface area contributed by atoms with Crippen LogP contribution in [-0.2, 0) is 0 Å². The summed E-state index contributed by atoms with van der Waals surface area (Å²) in [5, 5.41) is 9.34. The first-order valence-electron chi connectivity index (χ1n) is 8.99. The molecule has 0 spiro atoms. The highest BCUT2D eigenvalue weighted by Crippen LogP contribution is 2.34. The Bertz CT molecular complexity index is 529. The van der Waals surface area contributed by atoms with Crippen molar-refractivity contribution < 1.29 is 17.9 Å². The van der Waals surface area contributed by atoms with Gasteiger partial charge in [-0.15, -0.1) is 0 Å². The van der Waals surface area contributed by atoms with Gasteiger partial charge in [0, 0.05) is 25.7 Å². The number of piperidine rings is 1. The molecule has 0 radical (unpaired) electrons. The van der Waals surface area contributed by atoms with Gasteiger partial charge in [0.1, 0.15) is 11.8 Å². The summed E-state index contributed by atoms with van der Waals surface area (Å²) in [6.07, 6.45) is -2.42. The van der Waals surface area contributed by atoms with Gasteiger partial charge in [0.2, 0.25) is 0 Å². The molecular formula is C18H26F3N3O. The standard InChI is InChI=1S/C18H26F3N3O/c19-18(20,21)17-11-14(5-7-24-17)13-1-3-16(4-2-13)25-10-6-15-12-22-8-9-23-15/h1-4,14-15,17,22-24H,5-12H2. The van der Waals surface area contributed by atoms with E-state index < -0.39 is 12.2 Å². The lowest BCUT2D eigenvalue weighted by molar-refractivity contribution is -0.161. The smallest absolute Gasteiger partial charge is 0.403 e. The molecule has 7 heteroatoms. The topological polar surface area (TPSA) is 45.3 Å². The van der Waals surface area contributed by atoms with E-state index in [0.29, 0.717) is 19.2 Å². The number of nitrogens with one attached hydrogen (secondary N) is 3. The fraction of sp³-hybridized carbons (Fsp3) is 0.667. The van der Waals surface area contributed by atoms with Gasteiger partial charge in [0.15, 0.2) is 0 Å². The Hall–Kier alpha value is -1.31. The molecule has 3 atom stereocenters. The van der Waals surface area contributed by atoms with Crippen molar-refractivity contribution in [2.24, 2.45) is 0 Å². The van der Waals surface area contributed by atoms with Gasteiger partial charge < -0.3 is 20.7 Å². The monoisotopic (exact) mass is 357 g/mol. The van der Waals surface area contributed by atoms with Gasteiger partial charge >= 0.3 is 6.18 Å². The number of rotatable bonds is 5. The van der Waals surface area contributed by atoms with Gasteiger partial charge in [0.25, 0.3) is 0 Å². The molecule has 25 heavy (non-hydrogen) atoms. The van der Waals surface area contributed by atoms with Crippen molar-refractivity contribution in [2.75, 3.05) is 32.8 Å². The zero-order valence-corrected chi connectivity index (χ0v) is 14.2. The molecule has 3 unspecified atom stereocenters. The van der Waals surface area contributed by atoms with Crippen LogP contribution >= 0.6 is 0 Å². The highest BCUT2D eigenvalue weighted by atomic mass is 19.4. The quantitative estimate of drug-likeness (QED) is 0.757. The number of piperazine rings is 1. The third kappa shape index (κ3) is 5.33. The average molecular weight is 357 g/mol. The molecule has 2 aliphatic heterocycles. The van der Waals surface area contributed by atoms with E-state index in [2.05, 4.69) is 16.0 Å². The summed E-state index contributed by atoms with van der Waals surface area (Å²) in [6.45, 7) is 3.97. The molecule has 0 amide bonds. The first-order valence-corrected chi connectivity index (χ1v) is 8.99. The van der Waals surface area contributed by atoms with Crippen molar-refractivity contribution in [3.63, 3.8) is 0 Å². The second kappa shape index (κ2) is 8.38. The predicted molar refractivity (Wildman–Crippen MR) is 91.0 cm³/mol. The van der Waals surface area contributed by atoms with Crippen LogP contribution in [0.4, 0.5) is 13.2 Å². The number of ether oxygens (including phenoxy) is 1. The third-order valence-electron chi connectivity index (χ3n) is 5.01. The molecule has 0 saturated carbocycles. The second-order valence-corrected chi connectivity index (χ2v) is 6.83. The van der Waals surface area contributed by atoms with E-state index >= 15 is 0 Å². The molecular weight excluding hydrogens is 331 g/mol. The molecule has 1 aromatic rings. The summed E-state index contributed by atoms with van der Waals surface area (Å²) in [7, 11) is 0. The molecule has 2 heterocycles. The molecule has 3 N–H and O–H groups in total.